The van der Waals surface area contributed by atoms with E-state index in [-0.39, 0.29) is 19.1 Å². The van der Waals surface area contributed by atoms with Crippen LogP contribution in [0.15, 0.2) is 60.7 Å². The monoisotopic (exact) mass is 340 g/mol. The van der Waals surface area contributed by atoms with Crippen molar-refractivity contribution >= 4 is 11.9 Å². The molecule has 2 rings (SSSR count). The summed E-state index contributed by atoms with van der Waals surface area (Å²) in [7, 11) is 1.88. The summed E-state index contributed by atoms with van der Waals surface area (Å²) in [5.41, 5.74) is 1.80. The van der Waals surface area contributed by atoms with Gasteiger partial charge in [-0.3, -0.25) is 14.5 Å². The highest BCUT2D eigenvalue weighted by atomic mass is 16.5. The van der Waals surface area contributed by atoms with Crippen LogP contribution in [0.5, 0.6) is 0 Å². The largest absolute Gasteiger partial charge is 0.460 e. The summed E-state index contributed by atoms with van der Waals surface area (Å²) in [6.07, 6.45) is 0. The Morgan fingerprint density at radius 2 is 1.64 bits per heavy atom. The van der Waals surface area contributed by atoms with Gasteiger partial charge >= 0.3 is 5.97 Å². The lowest BCUT2D eigenvalue weighted by Crippen LogP contribution is -2.41. The maximum absolute atomic E-state index is 12.6. The molecule has 25 heavy (non-hydrogen) atoms. The first kappa shape index (κ1) is 18.7. The molecule has 5 nitrogen and oxygen atoms in total. The van der Waals surface area contributed by atoms with Crippen molar-refractivity contribution in [2.24, 2.45) is 0 Å². The average Bonchev–Trinajstić information content (AvgIpc) is 2.66. The molecule has 5 heteroatoms. The quantitative estimate of drug-likeness (QED) is 0.750. The van der Waals surface area contributed by atoms with Gasteiger partial charge in [0.1, 0.15) is 19.2 Å². The van der Waals surface area contributed by atoms with E-state index in [2.05, 4.69) is 5.32 Å². The maximum Gasteiger partial charge on any atom is 0.325 e. The molecule has 0 bridgehead atoms. The third-order valence-electron chi connectivity index (χ3n) is 3.95. The van der Waals surface area contributed by atoms with Crippen molar-refractivity contribution in [2.75, 3.05) is 20.1 Å². The van der Waals surface area contributed by atoms with Crippen molar-refractivity contribution < 1.29 is 14.3 Å². The highest BCUT2D eigenvalue weighted by molar-refractivity contribution is 5.86. The van der Waals surface area contributed by atoms with E-state index in [9.17, 15) is 9.59 Å². The molecule has 1 N–H and O–H groups in total. The molecular formula is C20H24N2O3. The molecule has 0 spiro atoms. The predicted octanol–water partition coefficient (Wildman–Crippen LogP) is 2.54. The van der Waals surface area contributed by atoms with E-state index in [0.29, 0.717) is 6.54 Å². The molecule has 0 radical (unpaired) electrons. The van der Waals surface area contributed by atoms with Gasteiger partial charge in [-0.25, -0.2) is 0 Å². The van der Waals surface area contributed by atoms with Crippen LogP contribution in [0, 0.1) is 0 Å². The Bertz CT molecular complexity index is 674. The Hall–Kier alpha value is -2.66. The number of nitrogens with one attached hydrogen (secondary N) is 1. The molecule has 0 heterocycles. The summed E-state index contributed by atoms with van der Waals surface area (Å²) < 4.78 is 5.18. The molecule has 1 amide bonds. The van der Waals surface area contributed by atoms with Crippen molar-refractivity contribution in [3.8, 4) is 0 Å². The Kier molecular flexibility index (Phi) is 7.16. The van der Waals surface area contributed by atoms with E-state index in [1.807, 2.05) is 79.5 Å². The molecule has 0 aliphatic carbocycles. The number of carbonyl (C=O) groups is 2. The van der Waals surface area contributed by atoms with Crippen LogP contribution in [-0.2, 0) is 20.9 Å². The number of amides is 1. The van der Waals surface area contributed by atoms with Gasteiger partial charge in [0.25, 0.3) is 0 Å². The summed E-state index contributed by atoms with van der Waals surface area (Å²) in [6.45, 7) is 2.75. The summed E-state index contributed by atoms with van der Waals surface area (Å²) in [6, 6.07) is 18.5. The number of likely N-dealkylation sites (N-methyl/N-ethyl adjacent to an activating group) is 1. The van der Waals surface area contributed by atoms with E-state index < -0.39 is 12.0 Å². The van der Waals surface area contributed by atoms with Gasteiger partial charge in [0.15, 0.2) is 0 Å². The summed E-state index contributed by atoms with van der Waals surface area (Å²) in [4.78, 5) is 26.4. The van der Waals surface area contributed by atoms with Gasteiger partial charge in [0.2, 0.25) is 5.91 Å². The molecule has 0 aromatic heterocycles. The van der Waals surface area contributed by atoms with Gasteiger partial charge in [-0.2, -0.15) is 0 Å². The van der Waals surface area contributed by atoms with Crippen LogP contribution in [0.4, 0.5) is 0 Å². The van der Waals surface area contributed by atoms with Crippen LogP contribution in [0.25, 0.3) is 0 Å². The number of esters is 1. The van der Waals surface area contributed by atoms with Gasteiger partial charge < -0.3 is 10.1 Å². The number of ether oxygens (including phenoxy) is 1. The van der Waals surface area contributed by atoms with Crippen LogP contribution in [0.3, 0.4) is 0 Å². The predicted molar refractivity (Wildman–Crippen MR) is 96.7 cm³/mol. The van der Waals surface area contributed by atoms with Crippen molar-refractivity contribution in [3.05, 3.63) is 71.8 Å². The lowest BCUT2D eigenvalue weighted by molar-refractivity contribution is -0.145. The molecule has 0 saturated heterocycles. The first-order valence-electron chi connectivity index (χ1n) is 8.34. The Morgan fingerprint density at radius 3 is 2.24 bits per heavy atom. The highest BCUT2D eigenvalue weighted by Gasteiger charge is 2.24. The van der Waals surface area contributed by atoms with Crippen LogP contribution in [0.2, 0.25) is 0 Å². The molecule has 132 valence electrons. The second-order valence-electron chi connectivity index (χ2n) is 5.75. The van der Waals surface area contributed by atoms with Gasteiger partial charge in [-0.15, -0.1) is 0 Å². The number of carbonyl (C=O) groups excluding carboxylic acids is 2. The zero-order chi connectivity index (χ0) is 18.1. The van der Waals surface area contributed by atoms with Crippen LogP contribution < -0.4 is 5.32 Å². The maximum atomic E-state index is 12.6. The molecule has 1 unspecified atom stereocenters. The van der Waals surface area contributed by atoms with Crippen LogP contribution in [-0.4, -0.2) is 36.9 Å². The van der Waals surface area contributed by atoms with E-state index in [4.69, 9.17) is 4.74 Å². The van der Waals surface area contributed by atoms with Crippen molar-refractivity contribution in [3.63, 3.8) is 0 Å². The Balaban J connectivity index is 1.89. The first-order chi connectivity index (χ1) is 12.1. The van der Waals surface area contributed by atoms with Gasteiger partial charge in [-0.1, -0.05) is 67.6 Å². The van der Waals surface area contributed by atoms with Crippen molar-refractivity contribution in [1.82, 2.24) is 10.2 Å². The van der Waals surface area contributed by atoms with Gasteiger partial charge in [0, 0.05) is 0 Å². The van der Waals surface area contributed by atoms with E-state index >= 15 is 0 Å². The second-order valence-corrected chi connectivity index (χ2v) is 5.75. The van der Waals surface area contributed by atoms with Crippen molar-refractivity contribution in [1.29, 1.82) is 0 Å². The molecule has 1 atom stereocenters. The molecule has 2 aromatic carbocycles. The fraction of sp³-hybridized carbons (Fsp3) is 0.300. The highest BCUT2D eigenvalue weighted by Crippen LogP contribution is 2.19. The number of rotatable bonds is 8. The first-order valence-corrected chi connectivity index (χ1v) is 8.34. The summed E-state index contributed by atoms with van der Waals surface area (Å²) in [5.74, 6) is -0.671. The van der Waals surface area contributed by atoms with Crippen molar-refractivity contribution in [2.45, 2.75) is 19.6 Å². The molecular weight excluding hydrogens is 316 g/mol. The minimum Gasteiger partial charge on any atom is -0.460 e. The van der Waals surface area contributed by atoms with E-state index in [1.54, 1.807) is 0 Å². The number of benzene rings is 2. The fourth-order valence-corrected chi connectivity index (χ4v) is 2.47. The standard InChI is InChI=1S/C20H24N2O3/c1-3-22(2)19(17-12-8-5-9-13-17)20(24)21-14-18(23)25-15-16-10-6-4-7-11-16/h4-13,19H,3,14-15H2,1-2H3,(H,21,24). The lowest BCUT2D eigenvalue weighted by Gasteiger charge is -2.26. The van der Waals surface area contributed by atoms with Crippen LogP contribution >= 0.6 is 0 Å². The third-order valence-corrected chi connectivity index (χ3v) is 3.95. The SMILES string of the molecule is CCN(C)C(C(=O)NCC(=O)OCc1ccccc1)c1ccccc1. The zero-order valence-corrected chi connectivity index (χ0v) is 14.6. The molecule has 0 saturated carbocycles. The second kappa shape index (κ2) is 9.59. The normalized spacial score (nSPS) is 11.8. The third kappa shape index (κ3) is 5.72. The minimum atomic E-state index is -0.455. The fourth-order valence-electron chi connectivity index (χ4n) is 2.47. The van der Waals surface area contributed by atoms with E-state index in [0.717, 1.165) is 11.1 Å². The average molecular weight is 340 g/mol. The van der Waals surface area contributed by atoms with Gasteiger partial charge in [0.05, 0.1) is 0 Å². The number of nitrogens with zero attached hydrogens (tertiary/aromatic N) is 1. The Labute approximate surface area is 148 Å². The van der Waals surface area contributed by atoms with E-state index in [1.165, 1.54) is 0 Å². The summed E-state index contributed by atoms with van der Waals surface area (Å²) >= 11 is 0. The number of hydrogen-bond acceptors (Lipinski definition) is 4. The summed E-state index contributed by atoms with van der Waals surface area (Å²) in [5, 5.41) is 2.68. The number of hydrogen-bond donors (Lipinski definition) is 1. The smallest absolute Gasteiger partial charge is 0.325 e. The zero-order valence-electron chi connectivity index (χ0n) is 14.6. The topological polar surface area (TPSA) is 58.6 Å². The van der Waals surface area contributed by atoms with Gasteiger partial charge in [-0.05, 0) is 24.7 Å². The minimum absolute atomic E-state index is 0.146. The van der Waals surface area contributed by atoms with Crippen LogP contribution in [0.1, 0.15) is 24.1 Å². The Morgan fingerprint density at radius 1 is 1.04 bits per heavy atom. The molecule has 0 aliphatic heterocycles. The molecule has 0 fully saturated rings. The molecule has 2 aromatic rings. The molecule has 0 aliphatic rings. The lowest BCUT2D eigenvalue weighted by atomic mass is 10.0.